The molecule has 0 saturated heterocycles. The minimum absolute atomic E-state index is 0.0698. The Hall–Kier alpha value is -2.38. The largest absolute Gasteiger partial charge is 0.476 e. The second-order valence-corrected chi connectivity index (χ2v) is 5.05. The van der Waals surface area contributed by atoms with Gasteiger partial charge < -0.3 is 14.2 Å². The number of methoxy groups -OCH3 is 2. The molecule has 1 aliphatic rings. The molecular weight excluding hydrogens is 292 g/mol. The van der Waals surface area contributed by atoms with Crippen LogP contribution in [0.15, 0.2) is 12.1 Å². The summed E-state index contributed by atoms with van der Waals surface area (Å²) in [6.07, 6.45) is 2.74. The lowest BCUT2D eigenvalue weighted by Gasteiger charge is -2.27. The summed E-state index contributed by atoms with van der Waals surface area (Å²) in [4.78, 5) is 25.7. The quantitative estimate of drug-likeness (QED) is 0.466. The fraction of sp³-hybridized carbons (Fsp3) is 0.571. The number of nitro groups is 1. The molecule has 22 heavy (non-hydrogen) atoms. The van der Waals surface area contributed by atoms with Crippen molar-refractivity contribution in [3.63, 3.8) is 0 Å². The number of hydrogen-bond acceptors (Lipinski definition) is 7. The van der Waals surface area contributed by atoms with Crippen molar-refractivity contribution in [2.75, 3.05) is 14.2 Å². The van der Waals surface area contributed by atoms with Crippen LogP contribution in [0.5, 0.6) is 11.8 Å². The van der Waals surface area contributed by atoms with E-state index < -0.39 is 4.92 Å². The first kappa shape index (κ1) is 16.0. The van der Waals surface area contributed by atoms with Gasteiger partial charge in [0.15, 0.2) is 0 Å². The van der Waals surface area contributed by atoms with Gasteiger partial charge in [0.05, 0.1) is 25.1 Å². The highest BCUT2D eigenvalue weighted by atomic mass is 16.6. The maximum atomic E-state index is 11.5. The molecule has 0 aromatic carbocycles. The van der Waals surface area contributed by atoms with Crippen LogP contribution in [0.25, 0.3) is 0 Å². The zero-order valence-electron chi connectivity index (χ0n) is 12.5. The van der Waals surface area contributed by atoms with Gasteiger partial charge in [-0.2, -0.15) is 4.98 Å². The molecule has 1 fully saturated rings. The number of pyridine rings is 1. The van der Waals surface area contributed by atoms with Crippen LogP contribution in [0.3, 0.4) is 0 Å². The first-order valence-electron chi connectivity index (χ1n) is 6.99. The first-order chi connectivity index (χ1) is 10.5. The molecule has 0 N–H and O–H groups in total. The third kappa shape index (κ3) is 3.63. The van der Waals surface area contributed by atoms with Crippen molar-refractivity contribution in [2.45, 2.75) is 31.8 Å². The van der Waals surface area contributed by atoms with Gasteiger partial charge in [-0.1, -0.05) is 0 Å². The summed E-state index contributed by atoms with van der Waals surface area (Å²) in [5, 5.41) is 10.8. The molecule has 0 aliphatic heterocycles. The third-order valence-electron chi connectivity index (χ3n) is 3.70. The van der Waals surface area contributed by atoms with Gasteiger partial charge >= 0.3 is 11.7 Å². The molecule has 0 amide bonds. The Kier molecular flexibility index (Phi) is 5.13. The standard InChI is InChI=1S/C14H18N2O6/c1-20-13-11(16(18)19)7-8-12(15-13)22-10-5-3-9(4-6-10)14(17)21-2/h7-10H,3-6H2,1-2H3/t9-,10+. The Balaban J connectivity index is 1.98. The number of ether oxygens (including phenoxy) is 3. The number of esters is 1. The molecule has 1 aliphatic carbocycles. The number of carbonyl (C=O) groups excluding carboxylic acids is 1. The van der Waals surface area contributed by atoms with Gasteiger partial charge in [0.2, 0.25) is 5.88 Å². The van der Waals surface area contributed by atoms with Crippen molar-refractivity contribution in [2.24, 2.45) is 5.92 Å². The molecule has 120 valence electrons. The molecule has 1 heterocycles. The smallest absolute Gasteiger partial charge is 0.331 e. The van der Waals surface area contributed by atoms with E-state index >= 15 is 0 Å². The predicted octanol–water partition coefficient (Wildman–Crippen LogP) is 2.11. The maximum Gasteiger partial charge on any atom is 0.331 e. The van der Waals surface area contributed by atoms with Gasteiger partial charge in [-0.25, -0.2) is 0 Å². The molecule has 1 aromatic heterocycles. The molecule has 0 atom stereocenters. The number of aromatic nitrogens is 1. The lowest BCUT2D eigenvalue weighted by Crippen LogP contribution is -2.28. The van der Waals surface area contributed by atoms with Gasteiger partial charge in [-0.15, -0.1) is 0 Å². The molecule has 0 spiro atoms. The van der Waals surface area contributed by atoms with E-state index in [0.29, 0.717) is 25.7 Å². The zero-order valence-corrected chi connectivity index (χ0v) is 12.5. The highest BCUT2D eigenvalue weighted by Crippen LogP contribution is 2.31. The van der Waals surface area contributed by atoms with Gasteiger partial charge in [0, 0.05) is 12.1 Å². The van der Waals surface area contributed by atoms with E-state index in [0.717, 1.165) is 0 Å². The number of carbonyl (C=O) groups is 1. The van der Waals surface area contributed by atoms with Crippen molar-refractivity contribution in [3.05, 3.63) is 22.2 Å². The third-order valence-corrected chi connectivity index (χ3v) is 3.70. The van der Waals surface area contributed by atoms with Gasteiger partial charge in [-0.05, 0) is 25.7 Å². The van der Waals surface area contributed by atoms with E-state index in [4.69, 9.17) is 14.2 Å². The number of nitrogens with zero attached hydrogens (tertiary/aromatic N) is 2. The summed E-state index contributed by atoms with van der Waals surface area (Å²) in [6, 6.07) is 2.76. The van der Waals surface area contributed by atoms with Crippen LogP contribution in [-0.4, -0.2) is 36.2 Å². The highest BCUT2D eigenvalue weighted by molar-refractivity contribution is 5.72. The minimum atomic E-state index is -0.558. The Labute approximate surface area is 127 Å². The Bertz CT molecular complexity index is 554. The normalized spacial score (nSPS) is 21.0. The zero-order chi connectivity index (χ0) is 16.1. The maximum absolute atomic E-state index is 11.5. The second kappa shape index (κ2) is 7.06. The summed E-state index contributed by atoms with van der Waals surface area (Å²) in [5.41, 5.74) is -0.204. The Morgan fingerprint density at radius 2 is 1.95 bits per heavy atom. The van der Waals surface area contributed by atoms with Crippen LogP contribution >= 0.6 is 0 Å². The van der Waals surface area contributed by atoms with Crippen LogP contribution in [0.1, 0.15) is 25.7 Å². The molecule has 0 unspecified atom stereocenters. The second-order valence-electron chi connectivity index (χ2n) is 5.05. The highest BCUT2D eigenvalue weighted by Gasteiger charge is 2.28. The predicted molar refractivity (Wildman–Crippen MR) is 75.8 cm³/mol. The monoisotopic (exact) mass is 310 g/mol. The van der Waals surface area contributed by atoms with Crippen molar-refractivity contribution >= 4 is 11.7 Å². The molecule has 0 bridgehead atoms. The fourth-order valence-corrected chi connectivity index (χ4v) is 2.52. The summed E-state index contributed by atoms with van der Waals surface area (Å²) in [7, 11) is 2.71. The van der Waals surface area contributed by atoms with Crippen molar-refractivity contribution in [1.29, 1.82) is 0 Å². The molecule has 0 radical (unpaired) electrons. The van der Waals surface area contributed by atoms with Crippen LogP contribution < -0.4 is 9.47 Å². The molecule has 1 saturated carbocycles. The summed E-state index contributed by atoms with van der Waals surface area (Å²) in [5.74, 6) is -0.0625. The Morgan fingerprint density at radius 1 is 1.27 bits per heavy atom. The average molecular weight is 310 g/mol. The number of rotatable bonds is 5. The lowest BCUT2D eigenvalue weighted by molar-refractivity contribution is -0.386. The molecule has 1 aromatic rings. The molecule has 8 heteroatoms. The number of hydrogen-bond donors (Lipinski definition) is 0. The van der Waals surface area contributed by atoms with E-state index in [9.17, 15) is 14.9 Å². The van der Waals surface area contributed by atoms with Crippen molar-refractivity contribution in [3.8, 4) is 11.8 Å². The van der Waals surface area contributed by atoms with Gasteiger partial charge in [-0.3, -0.25) is 14.9 Å². The summed E-state index contributed by atoms with van der Waals surface area (Å²) >= 11 is 0. The summed E-state index contributed by atoms with van der Waals surface area (Å²) in [6.45, 7) is 0. The van der Waals surface area contributed by atoms with Crippen LogP contribution in [0.2, 0.25) is 0 Å². The van der Waals surface area contributed by atoms with E-state index in [1.54, 1.807) is 0 Å². The molecule has 2 rings (SSSR count). The van der Waals surface area contributed by atoms with Gasteiger partial charge in [0.1, 0.15) is 6.10 Å². The molecule has 8 nitrogen and oxygen atoms in total. The van der Waals surface area contributed by atoms with E-state index in [2.05, 4.69) is 4.98 Å². The van der Waals surface area contributed by atoms with Crippen molar-refractivity contribution in [1.82, 2.24) is 4.98 Å². The van der Waals surface area contributed by atoms with E-state index in [-0.39, 0.29) is 35.4 Å². The first-order valence-corrected chi connectivity index (χ1v) is 6.99. The topological polar surface area (TPSA) is 101 Å². The van der Waals surface area contributed by atoms with Crippen molar-refractivity contribution < 1.29 is 23.9 Å². The Morgan fingerprint density at radius 3 is 2.50 bits per heavy atom. The van der Waals surface area contributed by atoms with Crippen LogP contribution in [-0.2, 0) is 9.53 Å². The van der Waals surface area contributed by atoms with Gasteiger partial charge in [0.25, 0.3) is 5.88 Å². The van der Waals surface area contributed by atoms with Crippen LogP contribution in [0, 0.1) is 16.0 Å². The van der Waals surface area contributed by atoms with Crippen LogP contribution in [0.4, 0.5) is 5.69 Å². The average Bonchev–Trinajstić information content (AvgIpc) is 2.54. The SMILES string of the molecule is COc1nc(O[C@H]2CC[C@@H](C(=O)OC)CC2)ccc1[N+](=O)[O-]. The lowest BCUT2D eigenvalue weighted by atomic mass is 9.87. The van der Waals surface area contributed by atoms with E-state index in [1.807, 2.05) is 0 Å². The minimum Gasteiger partial charge on any atom is -0.476 e. The van der Waals surface area contributed by atoms with E-state index in [1.165, 1.54) is 26.4 Å². The fourth-order valence-electron chi connectivity index (χ4n) is 2.52. The summed E-state index contributed by atoms with van der Waals surface area (Å²) < 4.78 is 15.4. The molecular formula is C14H18N2O6.